The molecule has 0 aliphatic carbocycles. The Morgan fingerprint density at radius 3 is 2.72 bits per heavy atom. The molecule has 7 nitrogen and oxygen atoms in total. The number of hydrogen-bond acceptors (Lipinski definition) is 5. The smallest absolute Gasteiger partial charge is 0.258 e. The van der Waals surface area contributed by atoms with Gasteiger partial charge in [-0.2, -0.15) is 0 Å². The van der Waals surface area contributed by atoms with E-state index in [9.17, 15) is 13.6 Å². The zero-order valence-corrected chi connectivity index (χ0v) is 17.8. The third-order valence-electron chi connectivity index (χ3n) is 5.45. The first-order valence-corrected chi connectivity index (χ1v) is 10.6. The topological polar surface area (TPSA) is 72.3 Å². The van der Waals surface area contributed by atoms with Crippen molar-refractivity contribution >= 4 is 5.91 Å². The van der Waals surface area contributed by atoms with Gasteiger partial charge in [-0.15, -0.1) is 10.2 Å². The number of nitrogens with one attached hydrogen (secondary N) is 1. The summed E-state index contributed by atoms with van der Waals surface area (Å²) < 4.78 is 35.0. The molecule has 9 heteroatoms. The first-order chi connectivity index (χ1) is 15.5. The lowest BCUT2D eigenvalue weighted by Gasteiger charge is -2.20. The number of aromatic nitrogens is 3. The fourth-order valence-electron chi connectivity index (χ4n) is 3.79. The summed E-state index contributed by atoms with van der Waals surface area (Å²) in [6, 6.07) is 13.0. The van der Waals surface area contributed by atoms with Crippen molar-refractivity contribution in [3.8, 4) is 5.75 Å². The fraction of sp³-hybridized carbons (Fsp3) is 0.348. The van der Waals surface area contributed by atoms with Gasteiger partial charge in [0, 0.05) is 38.2 Å². The van der Waals surface area contributed by atoms with Crippen LogP contribution in [0.4, 0.5) is 8.78 Å². The van der Waals surface area contributed by atoms with Crippen LogP contribution in [0.1, 0.15) is 30.2 Å². The van der Waals surface area contributed by atoms with E-state index in [1.807, 2.05) is 29.7 Å². The van der Waals surface area contributed by atoms with Crippen LogP contribution in [-0.4, -0.2) is 45.3 Å². The third kappa shape index (κ3) is 5.11. The van der Waals surface area contributed by atoms with E-state index in [-0.39, 0.29) is 18.6 Å². The number of para-hydroxylation sites is 1. The van der Waals surface area contributed by atoms with Crippen LogP contribution in [0.15, 0.2) is 48.5 Å². The summed E-state index contributed by atoms with van der Waals surface area (Å²) in [4.78, 5) is 14.4. The minimum absolute atomic E-state index is 0.0949. The second kappa shape index (κ2) is 9.86. The molecule has 1 aliphatic heterocycles. The first kappa shape index (κ1) is 21.9. The van der Waals surface area contributed by atoms with Gasteiger partial charge in [0.1, 0.15) is 11.6 Å². The van der Waals surface area contributed by atoms with Gasteiger partial charge in [0.2, 0.25) is 0 Å². The maximum atomic E-state index is 14.0. The number of fused-ring (bicyclic) bond motifs is 1. The fourth-order valence-corrected chi connectivity index (χ4v) is 3.79. The van der Waals surface area contributed by atoms with Crippen molar-refractivity contribution in [2.75, 3.05) is 19.7 Å². The summed E-state index contributed by atoms with van der Waals surface area (Å²) in [6.07, 6.45) is 0.627. The molecule has 0 saturated heterocycles. The van der Waals surface area contributed by atoms with Crippen molar-refractivity contribution in [2.24, 2.45) is 0 Å². The molecule has 1 aromatic heterocycles. The van der Waals surface area contributed by atoms with Crippen molar-refractivity contribution in [1.29, 1.82) is 0 Å². The van der Waals surface area contributed by atoms with E-state index in [0.717, 1.165) is 11.9 Å². The lowest BCUT2D eigenvalue weighted by atomic mass is 10.2. The maximum Gasteiger partial charge on any atom is 0.258 e. The Labute approximate surface area is 185 Å². The highest BCUT2D eigenvalue weighted by atomic mass is 19.2. The molecule has 32 heavy (non-hydrogen) atoms. The Kier molecular flexibility index (Phi) is 6.75. The molecule has 0 bridgehead atoms. The van der Waals surface area contributed by atoms with Crippen LogP contribution in [0.25, 0.3) is 0 Å². The van der Waals surface area contributed by atoms with Crippen molar-refractivity contribution in [3.63, 3.8) is 0 Å². The number of nitrogens with zero attached hydrogens (tertiary/aromatic N) is 4. The van der Waals surface area contributed by atoms with Gasteiger partial charge in [-0.05, 0) is 25.1 Å². The molecule has 168 valence electrons. The van der Waals surface area contributed by atoms with Crippen LogP contribution in [0.2, 0.25) is 0 Å². The van der Waals surface area contributed by atoms with Gasteiger partial charge >= 0.3 is 0 Å². The van der Waals surface area contributed by atoms with Gasteiger partial charge in [-0.25, -0.2) is 8.78 Å². The summed E-state index contributed by atoms with van der Waals surface area (Å²) in [5, 5.41) is 11.5. The Hall–Kier alpha value is -3.33. The molecule has 4 rings (SSSR count). The molecule has 2 heterocycles. The highest BCUT2D eigenvalue weighted by Crippen LogP contribution is 2.19. The van der Waals surface area contributed by atoms with E-state index < -0.39 is 11.6 Å². The van der Waals surface area contributed by atoms with Gasteiger partial charge in [0.05, 0.1) is 6.04 Å². The minimum Gasteiger partial charge on any atom is -0.484 e. The Morgan fingerprint density at radius 2 is 1.91 bits per heavy atom. The number of ether oxygens (including phenoxy) is 1. The zero-order valence-electron chi connectivity index (χ0n) is 17.8. The molecule has 1 atom stereocenters. The van der Waals surface area contributed by atoms with Crippen molar-refractivity contribution in [2.45, 2.75) is 32.5 Å². The van der Waals surface area contributed by atoms with Crippen LogP contribution < -0.4 is 10.1 Å². The van der Waals surface area contributed by atoms with Gasteiger partial charge in [0.15, 0.2) is 24.1 Å². The van der Waals surface area contributed by atoms with E-state index in [0.29, 0.717) is 49.7 Å². The quantitative estimate of drug-likeness (QED) is 0.611. The van der Waals surface area contributed by atoms with E-state index in [2.05, 4.69) is 20.4 Å². The summed E-state index contributed by atoms with van der Waals surface area (Å²) in [5.41, 5.74) is 0.335. The monoisotopic (exact) mass is 441 g/mol. The zero-order chi connectivity index (χ0) is 22.5. The summed E-state index contributed by atoms with van der Waals surface area (Å²) in [6.45, 7) is 3.95. The molecule has 0 fully saturated rings. The molecule has 1 N–H and O–H groups in total. The number of carbonyl (C=O) groups is 1. The van der Waals surface area contributed by atoms with Crippen LogP contribution in [0, 0.1) is 11.6 Å². The van der Waals surface area contributed by atoms with Crippen molar-refractivity contribution < 1.29 is 18.3 Å². The SMILES string of the molecule is CC(NC(=O)COc1ccccc1)c1nnc2n1CCN(Cc1cccc(F)c1F)CC2. The summed E-state index contributed by atoms with van der Waals surface area (Å²) >= 11 is 0. The molecule has 2 aromatic carbocycles. The molecular weight excluding hydrogens is 416 g/mol. The Bertz CT molecular complexity index is 1070. The number of halogens is 2. The van der Waals surface area contributed by atoms with E-state index in [4.69, 9.17) is 4.74 Å². The number of rotatable bonds is 7. The normalized spacial score (nSPS) is 15.0. The van der Waals surface area contributed by atoms with Crippen molar-refractivity contribution in [3.05, 3.63) is 77.4 Å². The summed E-state index contributed by atoms with van der Waals surface area (Å²) in [5.74, 6) is 0.205. The van der Waals surface area contributed by atoms with Gasteiger partial charge in [0.25, 0.3) is 5.91 Å². The highest BCUT2D eigenvalue weighted by Gasteiger charge is 2.23. The molecule has 1 aliphatic rings. The average Bonchev–Trinajstić information content (AvgIpc) is 3.10. The lowest BCUT2D eigenvalue weighted by molar-refractivity contribution is -0.123. The highest BCUT2D eigenvalue weighted by molar-refractivity contribution is 5.77. The molecule has 0 radical (unpaired) electrons. The number of amides is 1. The van der Waals surface area contributed by atoms with Gasteiger partial charge in [-0.3, -0.25) is 9.69 Å². The molecule has 0 saturated carbocycles. The van der Waals surface area contributed by atoms with Crippen LogP contribution in [0.5, 0.6) is 5.75 Å². The molecule has 1 amide bonds. The lowest BCUT2D eigenvalue weighted by Crippen LogP contribution is -2.33. The van der Waals surface area contributed by atoms with Crippen molar-refractivity contribution in [1.82, 2.24) is 25.0 Å². The molecule has 0 spiro atoms. The Balaban J connectivity index is 1.35. The minimum atomic E-state index is -0.836. The number of benzene rings is 2. The third-order valence-corrected chi connectivity index (χ3v) is 5.45. The maximum absolute atomic E-state index is 14.0. The van der Waals surface area contributed by atoms with E-state index >= 15 is 0 Å². The predicted molar refractivity (Wildman–Crippen MR) is 114 cm³/mol. The molecule has 1 unspecified atom stereocenters. The van der Waals surface area contributed by atoms with Gasteiger partial charge < -0.3 is 14.6 Å². The number of carbonyl (C=O) groups excluding carboxylic acids is 1. The summed E-state index contributed by atoms with van der Waals surface area (Å²) in [7, 11) is 0. The molecular formula is C23H25F2N5O2. The van der Waals surface area contributed by atoms with E-state index in [1.165, 1.54) is 6.07 Å². The largest absolute Gasteiger partial charge is 0.484 e. The number of hydrogen-bond donors (Lipinski definition) is 1. The van der Waals surface area contributed by atoms with Crippen LogP contribution in [0.3, 0.4) is 0 Å². The predicted octanol–water partition coefficient (Wildman–Crippen LogP) is 2.87. The molecule has 3 aromatic rings. The Morgan fingerprint density at radius 1 is 1.09 bits per heavy atom. The van der Waals surface area contributed by atoms with Crippen LogP contribution in [-0.2, 0) is 24.3 Å². The second-order valence-electron chi connectivity index (χ2n) is 7.76. The standard InChI is InChI=1S/C23H25F2N5O2/c1-16(26-21(31)15-32-18-7-3-2-4-8-18)23-28-27-20-10-11-29(12-13-30(20)23)14-17-6-5-9-19(24)22(17)25/h2-9,16H,10-15H2,1H3,(H,26,31). The van der Waals surface area contributed by atoms with E-state index in [1.54, 1.807) is 18.2 Å². The van der Waals surface area contributed by atoms with Gasteiger partial charge in [-0.1, -0.05) is 30.3 Å². The first-order valence-electron chi connectivity index (χ1n) is 10.6. The average molecular weight is 441 g/mol. The van der Waals surface area contributed by atoms with Crippen LogP contribution >= 0.6 is 0 Å². The second-order valence-corrected chi connectivity index (χ2v) is 7.76.